The van der Waals surface area contributed by atoms with Crippen LogP contribution in [0.1, 0.15) is 27.7 Å². The highest BCUT2D eigenvalue weighted by Crippen LogP contribution is 2.39. The van der Waals surface area contributed by atoms with Crippen molar-refractivity contribution in [3.63, 3.8) is 0 Å². The summed E-state index contributed by atoms with van der Waals surface area (Å²) >= 11 is 1.50. The number of anilines is 1. The fourth-order valence-electron chi connectivity index (χ4n) is 3.41. The zero-order valence-electron chi connectivity index (χ0n) is 18.4. The molecule has 2 aromatic heterocycles. The Morgan fingerprint density at radius 3 is 2.75 bits per heavy atom. The van der Waals surface area contributed by atoms with E-state index >= 15 is 0 Å². The molecule has 0 radical (unpaired) electrons. The zero-order valence-corrected chi connectivity index (χ0v) is 19.3. The number of carbonyl (C=O) groups excluding carboxylic acids is 2. The van der Waals surface area contributed by atoms with Gasteiger partial charge in [-0.3, -0.25) is 14.7 Å². The van der Waals surface area contributed by atoms with E-state index in [9.17, 15) is 9.59 Å². The number of hydrogen-bond acceptors (Lipinski definition) is 7. The number of carbonyl (C=O) groups is 2. The van der Waals surface area contributed by atoms with Gasteiger partial charge in [0.2, 0.25) is 0 Å². The molecule has 0 spiro atoms. The number of rotatable bonds is 6. The highest BCUT2D eigenvalue weighted by atomic mass is 32.1. The van der Waals surface area contributed by atoms with Crippen molar-refractivity contribution in [3.8, 4) is 27.7 Å². The third kappa shape index (κ3) is 4.36. The Hall–Kier alpha value is -3.26. The van der Waals surface area contributed by atoms with Crippen molar-refractivity contribution in [3.05, 3.63) is 48.0 Å². The molecule has 7 nitrogen and oxygen atoms in total. The second kappa shape index (κ2) is 9.08. The maximum atomic E-state index is 13.0. The van der Waals surface area contributed by atoms with Gasteiger partial charge in [-0.2, -0.15) is 0 Å². The Kier molecular flexibility index (Phi) is 6.23. The highest BCUT2D eigenvalue weighted by Gasteiger charge is 2.38. The monoisotopic (exact) mass is 451 g/mol. The molecule has 4 rings (SSSR count). The molecule has 2 atom stereocenters. The lowest BCUT2D eigenvalue weighted by Crippen LogP contribution is -2.52. The van der Waals surface area contributed by atoms with Crippen molar-refractivity contribution in [2.75, 3.05) is 11.5 Å². The molecule has 0 bridgehead atoms. The summed E-state index contributed by atoms with van der Waals surface area (Å²) in [5.74, 6) is 0.0338. The normalized spacial score (nSPS) is 16.5. The number of pyridine rings is 1. The molecule has 3 aromatic rings. The average molecular weight is 452 g/mol. The fraction of sp³-hybridized carbons (Fsp3) is 0.333. The molecule has 1 aromatic carbocycles. The first-order valence-electron chi connectivity index (χ1n) is 10.5. The Bertz CT molecular complexity index is 1130. The van der Waals surface area contributed by atoms with Crippen LogP contribution >= 0.6 is 11.3 Å². The molecule has 1 aliphatic heterocycles. The van der Waals surface area contributed by atoms with Crippen molar-refractivity contribution in [2.45, 2.75) is 39.8 Å². The lowest BCUT2D eigenvalue weighted by Gasteiger charge is -2.36. The van der Waals surface area contributed by atoms with Crippen LogP contribution in [0.3, 0.4) is 0 Å². The number of ether oxygens (including phenoxy) is 2. The van der Waals surface area contributed by atoms with Gasteiger partial charge in [0, 0.05) is 17.1 Å². The molecule has 0 N–H and O–H groups in total. The number of fused-ring (bicyclic) bond motifs is 1. The fourth-order valence-corrected chi connectivity index (χ4v) is 4.21. The van der Waals surface area contributed by atoms with Crippen LogP contribution in [0.25, 0.3) is 22.0 Å². The third-order valence-corrected chi connectivity index (χ3v) is 5.94. The molecule has 0 saturated carbocycles. The first-order chi connectivity index (χ1) is 15.3. The minimum absolute atomic E-state index is 0.210. The van der Waals surface area contributed by atoms with E-state index in [1.54, 1.807) is 20.0 Å². The van der Waals surface area contributed by atoms with E-state index in [4.69, 9.17) is 14.5 Å². The van der Waals surface area contributed by atoms with Crippen LogP contribution in [0.15, 0.2) is 48.0 Å². The molecular formula is C24H25N3O4S. The molecule has 2 unspecified atom stereocenters. The Morgan fingerprint density at radius 1 is 1.22 bits per heavy atom. The minimum atomic E-state index is -0.777. The topological polar surface area (TPSA) is 81.6 Å². The molecule has 32 heavy (non-hydrogen) atoms. The van der Waals surface area contributed by atoms with E-state index < -0.39 is 18.1 Å². The summed E-state index contributed by atoms with van der Waals surface area (Å²) in [6.45, 7) is 7.59. The van der Waals surface area contributed by atoms with Crippen LogP contribution in [0.4, 0.5) is 5.69 Å². The number of thiazole rings is 1. The second-order valence-corrected chi connectivity index (χ2v) is 8.96. The predicted octanol–water partition coefficient (Wildman–Crippen LogP) is 4.57. The predicted molar refractivity (Wildman–Crippen MR) is 124 cm³/mol. The van der Waals surface area contributed by atoms with Gasteiger partial charge in [-0.1, -0.05) is 19.9 Å². The van der Waals surface area contributed by atoms with Crippen molar-refractivity contribution in [2.24, 2.45) is 5.92 Å². The Labute approximate surface area is 191 Å². The van der Waals surface area contributed by atoms with Gasteiger partial charge in [0.05, 0.1) is 23.7 Å². The number of aromatic nitrogens is 2. The summed E-state index contributed by atoms with van der Waals surface area (Å²) in [5, 5.41) is 2.76. The molecule has 0 saturated heterocycles. The smallest absolute Gasteiger partial charge is 0.328 e. The summed E-state index contributed by atoms with van der Waals surface area (Å²) in [4.78, 5) is 36.2. The van der Waals surface area contributed by atoms with Crippen LogP contribution in [0.2, 0.25) is 0 Å². The third-order valence-electron chi connectivity index (χ3n) is 5.08. The van der Waals surface area contributed by atoms with E-state index in [-0.39, 0.29) is 11.8 Å². The molecule has 1 aliphatic rings. The number of amides is 1. The van der Waals surface area contributed by atoms with Crippen LogP contribution in [0, 0.1) is 5.92 Å². The van der Waals surface area contributed by atoms with Gasteiger partial charge in [0.1, 0.15) is 16.8 Å². The molecule has 8 heteroatoms. The van der Waals surface area contributed by atoms with Crippen molar-refractivity contribution >= 4 is 28.9 Å². The standard InChI is InChI=1S/C24H25N3O4S/c1-14(2)12-30-24(29)15(3)27-20-11-17(8-9-21(20)31-16(4)23(27)28)19-13-32-22(26-19)18-7-5-6-10-25-18/h5-11,13-16H,12H2,1-4H3. The number of esters is 1. The first kappa shape index (κ1) is 22.0. The lowest BCUT2D eigenvalue weighted by atomic mass is 10.1. The highest BCUT2D eigenvalue weighted by molar-refractivity contribution is 7.13. The van der Waals surface area contributed by atoms with Crippen LogP contribution in [0.5, 0.6) is 5.75 Å². The van der Waals surface area contributed by atoms with E-state index in [1.807, 2.05) is 55.6 Å². The van der Waals surface area contributed by atoms with Crippen LogP contribution < -0.4 is 9.64 Å². The van der Waals surface area contributed by atoms with E-state index in [0.717, 1.165) is 22.0 Å². The van der Waals surface area contributed by atoms with Crippen molar-refractivity contribution < 1.29 is 19.1 Å². The number of hydrogen-bond donors (Lipinski definition) is 0. The average Bonchev–Trinajstić information content (AvgIpc) is 3.28. The zero-order chi connectivity index (χ0) is 22.8. The van der Waals surface area contributed by atoms with Gasteiger partial charge in [-0.25, -0.2) is 9.78 Å². The summed E-state index contributed by atoms with van der Waals surface area (Å²) in [6.07, 6.45) is 1.04. The first-order valence-corrected chi connectivity index (χ1v) is 11.4. The summed E-state index contributed by atoms with van der Waals surface area (Å²) in [5.41, 5.74) is 2.92. The molecule has 166 valence electrons. The molecule has 0 aliphatic carbocycles. The van der Waals surface area contributed by atoms with Gasteiger partial charge >= 0.3 is 5.97 Å². The summed E-state index contributed by atoms with van der Waals surface area (Å²) in [6, 6.07) is 10.5. The molecule has 3 heterocycles. The van der Waals surface area contributed by atoms with Crippen molar-refractivity contribution in [1.29, 1.82) is 0 Å². The van der Waals surface area contributed by atoms with Gasteiger partial charge in [-0.15, -0.1) is 11.3 Å². The van der Waals surface area contributed by atoms with E-state index in [0.29, 0.717) is 18.0 Å². The molecule has 1 amide bonds. The molecule has 0 fully saturated rings. The van der Waals surface area contributed by atoms with E-state index in [1.165, 1.54) is 16.2 Å². The van der Waals surface area contributed by atoms with Gasteiger partial charge < -0.3 is 9.47 Å². The van der Waals surface area contributed by atoms with Crippen molar-refractivity contribution in [1.82, 2.24) is 9.97 Å². The van der Waals surface area contributed by atoms with Crippen LogP contribution in [-0.4, -0.2) is 40.6 Å². The maximum Gasteiger partial charge on any atom is 0.328 e. The number of benzene rings is 1. The SMILES string of the molecule is CC(C)COC(=O)C(C)N1C(=O)C(C)Oc2ccc(-c3csc(-c4ccccn4)n3)cc21. The largest absolute Gasteiger partial charge is 0.479 e. The summed E-state index contributed by atoms with van der Waals surface area (Å²) < 4.78 is 11.2. The quantitative estimate of drug-likeness (QED) is 0.511. The maximum absolute atomic E-state index is 13.0. The number of nitrogens with zero attached hydrogens (tertiary/aromatic N) is 3. The van der Waals surface area contributed by atoms with Gasteiger partial charge in [0.15, 0.2) is 6.10 Å². The van der Waals surface area contributed by atoms with Gasteiger partial charge in [0.25, 0.3) is 5.91 Å². The second-order valence-electron chi connectivity index (χ2n) is 8.10. The minimum Gasteiger partial charge on any atom is -0.479 e. The Balaban J connectivity index is 1.67. The van der Waals surface area contributed by atoms with Gasteiger partial charge in [-0.05, 0) is 50.1 Å². The van der Waals surface area contributed by atoms with Crippen LogP contribution in [-0.2, 0) is 14.3 Å². The lowest BCUT2D eigenvalue weighted by molar-refractivity contribution is -0.147. The Morgan fingerprint density at radius 2 is 2.03 bits per heavy atom. The van der Waals surface area contributed by atoms with E-state index in [2.05, 4.69) is 4.98 Å². The molecular weight excluding hydrogens is 426 g/mol. The summed E-state index contributed by atoms with van der Waals surface area (Å²) in [7, 11) is 0.